The first kappa shape index (κ1) is 23.6. The third-order valence-electron chi connectivity index (χ3n) is 6.55. The molecule has 0 saturated carbocycles. The van der Waals surface area contributed by atoms with Crippen LogP contribution in [-0.4, -0.2) is 4.98 Å². The first-order valence-corrected chi connectivity index (χ1v) is 12.4. The SMILES string of the molecule is Cc1[nH]c2ccc(OCc3ccccc3)cc2c(=O)c1C[NH+](Cc1ccccc1)Cc1ccccc1. The number of nitrogens with one attached hydrogen (secondary N) is 2. The molecular formula is C32H31N2O2+. The second-order valence-corrected chi connectivity index (χ2v) is 9.29. The molecule has 0 unspecified atom stereocenters. The van der Waals surface area contributed by atoms with Crippen LogP contribution in [0.1, 0.15) is 27.9 Å². The van der Waals surface area contributed by atoms with Crippen LogP contribution in [0.3, 0.4) is 0 Å². The molecule has 0 aliphatic carbocycles. The van der Waals surface area contributed by atoms with Crippen LogP contribution in [0.4, 0.5) is 0 Å². The average molecular weight is 476 g/mol. The minimum atomic E-state index is 0.0741. The second-order valence-electron chi connectivity index (χ2n) is 9.29. The number of fused-ring (bicyclic) bond motifs is 1. The Balaban J connectivity index is 1.44. The molecule has 0 bridgehead atoms. The van der Waals surface area contributed by atoms with Gasteiger partial charge < -0.3 is 14.6 Å². The maximum Gasteiger partial charge on any atom is 0.198 e. The van der Waals surface area contributed by atoms with Gasteiger partial charge in [-0.3, -0.25) is 4.79 Å². The van der Waals surface area contributed by atoms with Gasteiger partial charge in [0.1, 0.15) is 32.0 Å². The number of benzene rings is 4. The number of pyridine rings is 1. The number of hydrogen-bond donors (Lipinski definition) is 2. The zero-order valence-electron chi connectivity index (χ0n) is 20.5. The van der Waals surface area contributed by atoms with Gasteiger partial charge in [0.2, 0.25) is 0 Å². The Morgan fingerprint density at radius 1 is 0.694 bits per heavy atom. The van der Waals surface area contributed by atoms with Crippen LogP contribution in [-0.2, 0) is 26.2 Å². The summed E-state index contributed by atoms with van der Waals surface area (Å²) >= 11 is 0. The number of aromatic nitrogens is 1. The van der Waals surface area contributed by atoms with E-state index in [4.69, 9.17) is 4.74 Å². The smallest absolute Gasteiger partial charge is 0.198 e. The van der Waals surface area contributed by atoms with Gasteiger partial charge in [-0.2, -0.15) is 0 Å². The quantitative estimate of drug-likeness (QED) is 0.308. The highest BCUT2D eigenvalue weighted by Gasteiger charge is 2.18. The lowest BCUT2D eigenvalue weighted by Gasteiger charge is -2.21. The zero-order chi connectivity index (χ0) is 24.7. The average Bonchev–Trinajstić information content (AvgIpc) is 2.92. The molecule has 36 heavy (non-hydrogen) atoms. The van der Waals surface area contributed by atoms with Crippen molar-refractivity contribution in [3.05, 3.63) is 147 Å². The number of hydrogen-bond acceptors (Lipinski definition) is 2. The van der Waals surface area contributed by atoms with Crippen LogP contribution in [0.2, 0.25) is 0 Å². The third kappa shape index (κ3) is 5.73. The highest BCUT2D eigenvalue weighted by Crippen LogP contribution is 2.20. The van der Waals surface area contributed by atoms with Crippen molar-refractivity contribution in [2.45, 2.75) is 33.2 Å². The van der Waals surface area contributed by atoms with Crippen LogP contribution in [0.5, 0.6) is 5.75 Å². The van der Waals surface area contributed by atoms with Gasteiger partial charge in [0, 0.05) is 27.7 Å². The van der Waals surface area contributed by atoms with Crippen molar-refractivity contribution >= 4 is 10.9 Å². The number of rotatable bonds is 9. The van der Waals surface area contributed by atoms with Gasteiger partial charge in [-0.05, 0) is 30.7 Å². The van der Waals surface area contributed by atoms with Crippen LogP contribution >= 0.6 is 0 Å². The van der Waals surface area contributed by atoms with Crippen LogP contribution in [0.25, 0.3) is 10.9 Å². The summed E-state index contributed by atoms with van der Waals surface area (Å²) in [4.78, 5) is 18.5. The molecule has 1 aromatic heterocycles. The van der Waals surface area contributed by atoms with Gasteiger partial charge in [0.25, 0.3) is 0 Å². The number of aryl methyl sites for hydroxylation is 1. The standard InChI is InChI=1S/C32H30N2O2/c1-24-30(22-34(20-25-11-5-2-6-12-25)21-26-13-7-3-8-14-26)32(35)29-19-28(17-18-31(29)33-24)36-23-27-15-9-4-10-16-27/h2-19H,20-23H2,1H3,(H,33,35)/p+1. The molecule has 4 heteroatoms. The lowest BCUT2D eigenvalue weighted by atomic mass is 10.1. The molecule has 4 nitrogen and oxygen atoms in total. The Morgan fingerprint density at radius 3 is 1.83 bits per heavy atom. The van der Waals surface area contributed by atoms with E-state index in [2.05, 4.69) is 53.5 Å². The molecule has 5 aromatic rings. The van der Waals surface area contributed by atoms with Crippen LogP contribution < -0.4 is 15.1 Å². The molecule has 180 valence electrons. The van der Waals surface area contributed by atoms with Crippen molar-refractivity contribution in [3.8, 4) is 5.75 Å². The van der Waals surface area contributed by atoms with Gasteiger partial charge >= 0.3 is 0 Å². The van der Waals surface area contributed by atoms with Gasteiger partial charge in [0.05, 0.1) is 5.56 Å². The molecule has 0 radical (unpaired) electrons. The second kappa shape index (κ2) is 11.1. The van der Waals surface area contributed by atoms with E-state index < -0.39 is 0 Å². The fourth-order valence-corrected chi connectivity index (χ4v) is 4.68. The fraction of sp³-hybridized carbons (Fsp3) is 0.156. The Labute approximate surface area is 211 Å². The van der Waals surface area contributed by atoms with Crippen molar-refractivity contribution in [2.75, 3.05) is 0 Å². The predicted molar refractivity (Wildman–Crippen MR) is 145 cm³/mol. The summed E-state index contributed by atoms with van der Waals surface area (Å²) in [7, 11) is 0. The van der Waals surface area contributed by atoms with E-state index in [0.717, 1.165) is 35.4 Å². The van der Waals surface area contributed by atoms with E-state index in [1.807, 2.05) is 67.6 Å². The summed E-state index contributed by atoms with van der Waals surface area (Å²) in [6, 6.07) is 36.7. The summed E-state index contributed by atoms with van der Waals surface area (Å²) in [6.07, 6.45) is 0. The molecule has 0 atom stereocenters. The molecular weight excluding hydrogens is 444 g/mol. The molecule has 5 rings (SSSR count). The number of quaternary nitrogens is 1. The highest BCUT2D eigenvalue weighted by atomic mass is 16.5. The van der Waals surface area contributed by atoms with E-state index in [1.165, 1.54) is 16.0 Å². The van der Waals surface area contributed by atoms with Gasteiger partial charge in [-0.25, -0.2) is 0 Å². The normalized spacial score (nSPS) is 11.2. The Hall–Kier alpha value is -4.15. The van der Waals surface area contributed by atoms with E-state index in [9.17, 15) is 4.79 Å². The summed E-state index contributed by atoms with van der Waals surface area (Å²) in [5, 5.41) is 0.667. The maximum absolute atomic E-state index is 13.7. The van der Waals surface area contributed by atoms with E-state index in [-0.39, 0.29) is 5.43 Å². The van der Waals surface area contributed by atoms with Crippen LogP contribution in [0.15, 0.2) is 114 Å². The third-order valence-corrected chi connectivity index (χ3v) is 6.55. The van der Waals surface area contributed by atoms with Crippen molar-refractivity contribution in [3.63, 3.8) is 0 Å². The first-order chi connectivity index (χ1) is 17.7. The van der Waals surface area contributed by atoms with E-state index in [0.29, 0.717) is 24.3 Å². The molecule has 2 N–H and O–H groups in total. The largest absolute Gasteiger partial charge is 0.489 e. The van der Waals surface area contributed by atoms with E-state index in [1.54, 1.807) is 0 Å². The van der Waals surface area contributed by atoms with E-state index >= 15 is 0 Å². The molecule has 0 fully saturated rings. The first-order valence-electron chi connectivity index (χ1n) is 12.4. The summed E-state index contributed by atoms with van der Waals surface area (Å²) in [5.41, 5.74) is 6.27. The van der Waals surface area contributed by atoms with Crippen molar-refractivity contribution in [1.29, 1.82) is 0 Å². The van der Waals surface area contributed by atoms with Crippen molar-refractivity contribution in [2.24, 2.45) is 0 Å². The topological polar surface area (TPSA) is 46.5 Å². The molecule has 0 amide bonds. The fourth-order valence-electron chi connectivity index (χ4n) is 4.68. The van der Waals surface area contributed by atoms with Gasteiger partial charge in [0.15, 0.2) is 5.43 Å². The Bertz CT molecular complexity index is 1440. The van der Waals surface area contributed by atoms with Crippen LogP contribution in [0, 0.1) is 6.92 Å². The van der Waals surface area contributed by atoms with Crippen molar-refractivity contribution in [1.82, 2.24) is 4.98 Å². The molecule has 0 aliphatic rings. The maximum atomic E-state index is 13.7. The highest BCUT2D eigenvalue weighted by molar-refractivity contribution is 5.81. The minimum Gasteiger partial charge on any atom is -0.489 e. The molecule has 0 aliphatic heterocycles. The lowest BCUT2D eigenvalue weighted by molar-refractivity contribution is -0.941. The van der Waals surface area contributed by atoms with Crippen molar-refractivity contribution < 1.29 is 9.64 Å². The zero-order valence-corrected chi connectivity index (χ0v) is 20.5. The van der Waals surface area contributed by atoms with Gasteiger partial charge in [-0.1, -0.05) is 91.0 Å². The minimum absolute atomic E-state index is 0.0741. The number of H-pyrrole nitrogens is 1. The summed E-state index contributed by atoms with van der Waals surface area (Å²) < 4.78 is 6.01. The molecule has 0 spiro atoms. The van der Waals surface area contributed by atoms with Gasteiger partial charge in [-0.15, -0.1) is 0 Å². The number of aromatic amines is 1. The Morgan fingerprint density at radius 2 is 1.25 bits per heavy atom. The summed E-state index contributed by atoms with van der Waals surface area (Å²) in [5.74, 6) is 0.699. The Kier molecular flexibility index (Phi) is 7.25. The molecule has 4 aromatic carbocycles. The molecule has 1 heterocycles. The monoisotopic (exact) mass is 475 g/mol. The predicted octanol–water partition coefficient (Wildman–Crippen LogP) is 5.20. The summed E-state index contributed by atoms with van der Waals surface area (Å²) in [6.45, 7) is 4.78. The number of ether oxygens (including phenoxy) is 1. The lowest BCUT2D eigenvalue weighted by Crippen LogP contribution is -3.08. The molecule has 0 saturated heterocycles.